The normalized spacial score (nSPS) is 9.86. The number of rotatable bonds is 4. The summed E-state index contributed by atoms with van der Waals surface area (Å²) in [6.45, 7) is 0.224. The summed E-state index contributed by atoms with van der Waals surface area (Å²) in [4.78, 5) is 15.5. The van der Waals surface area contributed by atoms with E-state index in [9.17, 15) is 4.79 Å². The molecule has 0 aliphatic heterocycles. The number of carbonyl (C=O) groups excluding carboxylic acids is 1. The average Bonchev–Trinajstić information content (AvgIpc) is 2.26. The van der Waals surface area contributed by atoms with E-state index in [1.54, 1.807) is 18.3 Å². The Morgan fingerprint density at radius 3 is 3.14 bits per heavy atom. The van der Waals surface area contributed by atoms with Gasteiger partial charge in [-0.2, -0.15) is 0 Å². The van der Waals surface area contributed by atoms with E-state index in [1.807, 2.05) is 6.26 Å². The Balaban J connectivity index is 2.69. The molecule has 0 saturated heterocycles. The van der Waals surface area contributed by atoms with Gasteiger partial charge in [0.2, 0.25) is 0 Å². The van der Waals surface area contributed by atoms with Crippen molar-refractivity contribution in [2.24, 2.45) is 0 Å². The maximum absolute atomic E-state index is 11.4. The SMILES string of the molecule is CSc1cc(C(=O)NCCO)ccn1. The lowest BCUT2D eigenvalue weighted by molar-refractivity contribution is 0.0944. The lowest BCUT2D eigenvalue weighted by Gasteiger charge is -2.03. The fourth-order valence-electron chi connectivity index (χ4n) is 0.934. The number of aliphatic hydroxyl groups is 1. The van der Waals surface area contributed by atoms with Crippen molar-refractivity contribution in [2.75, 3.05) is 19.4 Å². The summed E-state index contributed by atoms with van der Waals surface area (Å²) >= 11 is 1.48. The smallest absolute Gasteiger partial charge is 0.251 e. The largest absolute Gasteiger partial charge is 0.395 e. The summed E-state index contributed by atoms with van der Waals surface area (Å²) in [5.74, 6) is -0.184. The molecule has 4 nitrogen and oxygen atoms in total. The molecule has 2 N–H and O–H groups in total. The first-order chi connectivity index (χ1) is 6.77. The highest BCUT2D eigenvalue weighted by Gasteiger charge is 2.04. The van der Waals surface area contributed by atoms with Gasteiger partial charge in [0.1, 0.15) is 0 Å². The minimum Gasteiger partial charge on any atom is -0.395 e. The first-order valence-electron chi connectivity index (χ1n) is 4.17. The monoisotopic (exact) mass is 212 g/mol. The van der Waals surface area contributed by atoms with Gasteiger partial charge in [-0.3, -0.25) is 4.79 Å². The summed E-state index contributed by atoms with van der Waals surface area (Å²) in [7, 11) is 0. The minimum atomic E-state index is -0.184. The van der Waals surface area contributed by atoms with Crippen molar-refractivity contribution in [1.29, 1.82) is 0 Å². The standard InChI is InChI=1S/C9H12N2O2S/c1-14-8-6-7(2-3-10-8)9(13)11-4-5-12/h2-3,6,12H,4-5H2,1H3,(H,11,13). The van der Waals surface area contributed by atoms with Crippen LogP contribution in [-0.4, -0.2) is 35.4 Å². The van der Waals surface area contributed by atoms with Crippen LogP contribution >= 0.6 is 11.8 Å². The molecule has 0 aromatic carbocycles. The summed E-state index contributed by atoms with van der Waals surface area (Å²) in [5, 5.41) is 11.9. The molecule has 76 valence electrons. The Morgan fingerprint density at radius 2 is 2.50 bits per heavy atom. The van der Waals surface area contributed by atoms with Crippen LogP contribution in [0.15, 0.2) is 23.4 Å². The molecule has 0 aliphatic rings. The van der Waals surface area contributed by atoms with Crippen molar-refractivity contribution >= 4 is 17.7 Å². The molecule has 0 unspecified atom stereocenters. The van der Waals surface area contributed by atoms with Gasteiger partial charge in [0.05, 0.1) is 11.6 Å². The molecule has 0 radical (unpaired) electrons. The van der Waals surface area contributed by atoms with Crippen LogP contribution in [0.2, 0.25) is 0 Å². The first-order valence-corrected chi connectivity index (χ1v) is 5.39. The Labute approximate surface area is 86.7 Å². The van der Waals surface area contributed by atoms with Crippen molar-refractivity contribution in [3.05, 3.63) is 23.9 Å². The zero-order valence-corrected chi connectivity index (χ0v) is 8.67. The van der Waals surface area contributed by atoms with Crippen LogP contribution in [0.1, 0.15) is 10.4 Å². The summed E-state index contributed by atoms with van der Waals surface area (Å²) < 4.78 is 0. The van der Waals surface area contributed by atoms with Gasteiger partial charge >= 0.3 is 0 Å². The highest BCUT2D eigenvalue weighted by atomic mass is 32.2. The van der Waals surface area contributed by atoms with Crippen LogP contribution in [0.5, 0.6) is 0 Å². The number of pyridine rings is 1. The molecule has 1 aromatic heterocycles. The topological polar surface area (TPSA) is 62.2 Å². The summed E-state index contributed by atoms with van der Waals surface area (Å²) in [5.41, 5.74) is 0.567. The lowest BCUT2D eigenvalue weighted by atomic mass is 10.2. The van der Waals surface area contributed by atoms with Crippen molar-refractivity contribution < 1.29 is 9.90 Å². The number of carbonyl (C=O) groups is 1. The third kappa shape index (κ3) is 3.01. The van der Waals surface area contributed by atoms with Gasteiger partial charge in [-0.15, -0.1) is 11.8 Å². The number of hydrogen-bond acceptors (Lipinski definition) is 4. The molecular formula is C9H12N2O2S. The fourth-order valence-corrected chi connectivity index (χ4v) is 1.34. The lowest BCUT2D eigenvalue weighted by Crippen LogP contribution is -2.26. The maximum Gasteiger partial charge on any atom is 0.251 e. The van der Waals surface area contributed by atoms with Crippen molar-refractivity contribution in [3.63, 3.8) is 0 Å². The van der Waals surface area contributed by atoms with Gasteiger partial charge in [-0.25, -0.2) is 4.98 Å². The molecule has 0 spiro atoms. The fraction of sp³-hybridized carbons (Fsp3) is 0.333. The van der Waals surface area contributed by atoms with E-state index in [0.717, 1.165) is 5.03 Å². The van der Waals surface area contributed by atoms with E-state index in [2.05, 4.69) is 10.3 Å². The van der Waals surface area contributed by atoms with Gasteiger partial charge in [-0.1, -0.05) is 0 Å². The Hall–Kier alpha value is -1.07. The van der Waals surface area contributed by atoms with Crippen LogP contribution in [0.4, 0.5) is 0 Å². The molecule has 5 heteroatoms. The van der Waals surface area contributed by atoms with Crippen LogP contribution in [0, 0.1) is 0 Å². The van der Waals surface area contributed by atoms with Gasteiger partial charge < -0.3 is 10.4 Å². The Bertz CT molecular complexity index is 317. The molecule has 14 heavy (non-hydrogen) atoms. The molecule has 0 atom stereocenters. The number of nitrogens with one attached hydrogen (secondary N) is 1. The highest BCUT2D eigenvalue weighted by molar-refractivity contribution is 7.98. The second kappa shape index (κ2) is 5.62. The second-order valence-corrected chi connectivity index (χ2v) is 3.39. The number of nitrogens with zero attached hydrogens (tertiary/aromatic N) is 1. The van der Waals surface area contributed by atoms with E-state index in [-0.39, 0.29) is 19.1 Å². The molecule has 1 heterocycles. The second-order valence-electron chi connectivity index (χ2n) is 2.57. The van der Waals surface area contributed by atoms with E-state index in [4.69, 9.17) is 5.11 Å². The van der Waals surface area contributed by atoms with Crippen molar-refractivity contribution in [1.82, 2.24) is 10.3 Å². The van der Waals surface area contributed by atoms with Gasteiger partial charge in [0.15, 0.2) is 0 Å². The highest BCUT2D eigenvalue weighted by Crippen LogP contribution is 2.12. The predicted molar refractivity (Wildman–Crippen MR) is 55.4 cm³/mol. The predicted octanol–water partition coefficient (Wildman–Crippen LogP) is 0.526. The zero-order valence-electron chi connectivity index (χ0n) is 7.86. The van der Waals surface area contributed by atoms with Crippen LogP contribution in [-0.2, 0) is 0 Å². The number of thioether (sulfide) groups is 1. The van der Waals surface area contributed by atoms with Crippen molar-refractivity contribution in [2.45, 2.75) is 5.03 Å². The third-order valence-electron chi connectivity index (χ3n) is 1.60. The molecule has 0 aliphatic carbocycles. The number of amides is 1. The van der Waals surface area contributed by atoms with Crippen LogP contribution in [0.3, 0.4) is 0 Å². The van der Waals surface area contributed by atoms with E-state index < -0.39 is 0 Å². The molecular weight excluding hydrogens is 200 g/mol. The molecule has 0 bridgehead atoms. The first kappa shape index (κ1) is 11.0. The average molecular weight is 212 g/mol. The number of hydrogen-bond donors (Lipinski definition) is 2. The third-order valence-corrected chi connectivity index (χ3v) is 2.25. The number of aliphatic hydroxyl groups excluding tert-OH is 1. The Kier molecular flexibility index (Phi) is 4.42. The molecule has 1 rings (SSSR count). The Morgan fingerprint density at radius 1 is 1.71 bits per heavy atom. The molecule has 0 fully saturated rings. The van der Waals surface area contributed by atoms with E-state index in [1.165, 1.54) is 11.8 Å². The van der Waals surface area contributed by atoms with Gasteiger partial charge in [0.25, 0.3) is 5.91 Å². The van der Waals surface area contributed by atoms with E-state index in [0.29, 0.717) is 5.56 Å². The maximum atomic E-state index is 11.4. The van der Waals surface area contributed by atoms with Gasteiger partial charge in [-0.05, 0) is 18.4 Å². The number of aromatic nitrogens is 1. The van der Waals surface area contributed by atoms with Crippen LogP contribution < -0.4 is 5.32 Å². The van der Waals surface area contributed by atoms with Gasteiger partial charge in [0, 0.05) is 18.3 Å². The van der Waals surface area contributed by atoms with Crippen molar-refractivity contribution in [3.8, 4) is 0 Å². The summed E-state index contributed by atoms with van der Waals surface area (Å²) in [6.07, 6.45) is 3.50. The molecule has 1 amide bonds. The molecule has 0 saturated carbocycles. The quantitative estimate of drug-likeness (QED) is 0.714. The van der Waals surface area contributed by atoms with E-state index >= 15 is 0 Å². The minimum absolute atomic E-state index is 0.0494. The van der Waals surface area contributed by atoms with Crippen LogP contribution in [0.25, 0.3) is 0 Å². The summed E-state index contributed by atoms with van der Waals surface area (Å²) in [6, 6.07) is 3.36. The molecule has 1 aromatic rings. The zero-order chi connectivity index (χ0) is 10.4.